The summed E-state index contributed by atoms with van der Waals surface area (Å²) >= 11 is 0. The van der Waals surface area contributed by atoms with Crippen LogP contribution in [0.5, 0.6) is 5.75 Å². The van der Waals surface area contributed by atoms with E-state index in [1.54, 1.807) is 13.3 Å². The number of para-hydroxylation sites is 1. The predicted octanol–water partition coefficient (Wildman–Crippen LogP) is 4.63. The van der Waals surface area contributed by atoms with Gasteiger partial charge in [0.1, 0.15) is 28.7 Å². The van der Waals surface area contributed by atoms with Crippen LogP contribution < -0.4 is 10.5 Å². The van der Waals surface area contributed by atoms with Crippen molar-refractivity contribution in [2.75, 3.05) is 12.8 Å². The van der Waals surface area contributed by atoms with E-state index >= 15 is 0 Å². The highest BCUT2D eigenvalue weighted by Crippen LogP contribution is 2.32. The number of aromatic amines is 1. The van der Waals surface area contributed by atoms with Gasteiger partial charge in [-0.05, 0) is 30.3 Å². The molecule has 0 aliphatic heterocycles. The standard InChI is InChI=1S/C21H16N4O2/c1-26-14-6-7-16-17(10-14)25-21(24-16)15-8-13(11-23-20(15)22)19-9-12-4-2-3-5-18(12)27-19/h2-11H,1H3,(H2,22,23)(H,24,25). The van der Waals surface area contributed by atoms with Crippen LogP contribution in [0.15, 0.2) is 65.2 Å². The van der Waals surface area contributed by atoms with Crippen LogP contribution in [-0.2, 0) is 0 Å². The first-order chi connectivity index (χ1) is 13.2. The molecule has 0 radical (unpaired) electrons. The first-order valence-corrected chi connectivity index (χ1v) is 8.50. The van der Waals surface area contributed by atoms with E-state index in [4.69, 9.17) is 14.9 Å². The highest BCUT2D eigenvalue weighted by Gasteiger charge is 2.14. The number of hydrogen-bond acceptors (Lipinski definition) is 5. The number of hydrogen-bond donors (Lipinski definition) is 2. The lowest BCUT2D eigenvalue weighted by molar-refractivity contribution is 0.415. The van der Waals surface area contributed by atoms with Gasteiger partial charge in [-0.25, -0.2) is 9.97 Å². The first-order valence-electron chi connectivity index (χ1n) is 8.50. The molecule has 0 aliphatic carbocycles. The monoisotopic (exact) mass is 356 g/mol. The molecule has 0 atom stereocenters. The van der Waals surface area contributed by atoms with Crippen molar-refractivity contribution in [1.82, 2.24) is 15.0 Å². The van der Waals surface area contributed by atoms with Crippen LogP contribution in [0, 0.1) is 0 Å². The third-order valence-electron chi connectivity index (χ3n) is 4.57. The van der Waals surface area contributed by atoms with E-state index in [0.29, 0.717) is 11.6 Å². The normalized spacial score (nSPS) is 11.3. The summed E-state index contributed by atoms with van der Waals surface area (Å²) in [4.78, 5) is 12.3. The summed E-state index contributed by atoms with van der Waals surface area (Å²) in [6.07, 6.45) is 1.71. The summed E-state index contributed by atoms with van der Waals surface area (Å²) < 4.78 is 11.2. The second kappa shape index (κ2) is 5.88. The average molecular weight is 356 g/mol. The van der Waals surface area contributed by atoms with E-state index in [-0.39, 0.29) is 0 Å². The number of ether oxygens (including phenoxy) is 1. The Hall–Kier alpha value is -3.80. The molecule has 5 aromatic rings. The maximum Gasteiger partial charge on any atom is 0.142 e. The zero-order chi connectivity index (χ0) is 18.4. The van der Waals surface area contributed by atoms with E-state index in [1.165, 1.54) is 0 Å². The number of benzene rings is 2. The fourth-order valence-electron chi connectivity index (χ4n) is 3.17. The van der Waals surface area contributed by atoms with Crippen LogP contribution in [-0.4, -0.2) is 22.1 Å². The molecule has 0 fully saturated rings. The molecule has 0 spiro atoms. The summed E-state index contributed by atoms with van der Waals surface area (Å²) in [6.45, 7) is 0. The molecule has 27 heavy (non-hydrogen) atoms. The van der Waals surface area contributed by atoms with Gasteiger partial charge in [0.25, 0.3) is 0 Å². The fourth-order valence-corrected chi connectivity index (χ4v) is 3.17. The number of fused-ring (bicyclic) bond motifs is 2. The minimum absolute atomic E-state index is 0.404. The number of nitrogens with zero attached hydrogens (tertiary/aromatic N) is 2. The maximum absolute atomic E-state index is 6.13. The minimum Gasteiger partial charge on any atom is -0.497 e. The van der Waals surface area contributed by atoms with Gasteiger partial charge in [-0.3, -0.25) is 0 Å². The number of pyridine rings is 1. The van der Waals surface area contributed by atoms with Gasteiger partial charge >= 0.3 is 0 Å². The number of methoxy groups -OCH3 is 1. The second-order valence-corrected chi connectivity index (χ2v) is 6.27. The third kappa shape index (κ3) is 2.58. The number of H-pyrrole nitrogens is 1. The van der Waals surface area contributed by atoms with Crippen molar-refractivity contribution < 1.29 is 9.15 Å². The van der Waals surface area contributed by atoms with Crippen LogP contribution in [0.1, 0.15) is 0 Å². The van der Waals surface area contributed by atoms with Crippen molar-refractivity contribution in [2.24, 2.45) is 0 Å². The SMILES string of the molecule is COc1ccc2nc(-c3cc(-c4cc5ccccc5o4)cnc3N)[nH]c2c1. The van der Waals surface area contributed by atoms with Gasteiger partial charge in [0, 0.05) is 23.2 Å². The molecular weight excluding hydrogens is 340 g/mol. The Labute approximate surface area is 154 Å². The molecule has 6 nitrogen and oxygen atoms in total. The highest BCUT2D eigenvalue weighted by molar-refractivity contribution is 5.86. The molecule has 2 aromatic carbocycles. The summed E-state index contributed by atoms with van der Waals surface area (Å²) in [5.41, 5.74) is 10.2. The second-order valence-electron chi connectivity index (χ2n) is 6.27. The van der Waals surface area contributed by atoms with Crippen LogP contribution in [0.25, 0.3) is 44.7 Å². The van der Waals surface area contributed by atoms with E-state index in [0.717, 1.165) is 44.6 Å². The van der Waals surface area contributed by atoms with Gasteiger partial charge in [-0.15, -0.1) is 0 Å². The van der Waals surface area contributed by atoms with Crippen molar-refractivity contribution in [2.45, 2.75) is 0 Å². The van der Waals surface area contributed by atoms with Gasteiger partial charge < -0.3 is 19.9 Å². The van der Waals surface area contributed by atoms with Crippen molar-refractivity contribution in [3.05, 3.63) is 60.8 Å². The third-order valence-corrected chi connectivity index (χ3v) is 4.57. The fraction of sp³-hybridized carbons (Fsp3) is 0.0476. The number of nitrogens with two attached hydrogens (primary N) is 1. The van der Waals surface area contributed by atoms with Crippen LogP contribution in [0.2, 0.25) is 0 Å². The summed E-state index contributed by atoms with van der Waals surface area (Å²) in [6, 6.07) is 17.5. The van der Waals surface area contributed by atoms with E-state index in [2.05, 4.69) is 15.0 Å². The van der Waals surface area contributed by atoms with Crippen molar-refractivity contribution in [1.29, 1.82) is 0 Å². The Balaban J connectivity index is 1.63. The summed E-state index contributed by atoms with van der Waals surface area (Å²) in [5, 5.41) is 1.04. The van der Waals surface area contributed by atoms with Crippen LogP contribution in [0.3, 0.4) is 0 Å². The number of imidazole rings is 1. The molecular formula is C21H16N4O2. The average Bonchev–Trinajstić information content (AvgIpc) is 3.31. The van der Waals surface area contributed by atoms with E-state index < -0.39 is 0 Å². The molecule has 5 rings (SSSR count). The van der Waals surface area contributed by atoms with Crippen molar-refractivity contribution >= 4 is 27.8 Å². The molecule has 132 valence electrons. The molecule has 0 saturated heterocycles. The quantitative estimate of drug-likeness (QED) is 0.492. The molecule has 6 heteroatoms. The summed E-state index contributed by atoms with van der Waals surface area (Å²) in [5.74, 6) is 2.56. The molecule has 0 aliphatic rings. The summed E-state index contributed by atoms with van der Waals surface area (Å²) in [7, 11) is 1.64. The lowest BCUT2D eigenvalue weighted by Gasteiger charge is -2.04. The van der Waals surface area contributed by atoms with Crippen molar-refractivity contribution in [3.63, 3.8) is 0 Å². The Morgan fingerprint density at radius 1 is 1.07 bits per heavy atom. The zero-order valence-corrected chi connectivity index (χ0v) is 14.6. The lowest BCUT2D eigenvalue weighted by atomic mass is 10.1. The maximum atomic E-state index is 6.13. The lowest BCUT2D eigenvalue weighted by Crippen LogP contribution is -1.95. The Morgan fingerprint density at radius 2 is 1.96 bits per heavy atom. The smallest absolute Gasteiger partial charge is 0.142 e. The van der Waals surface area contributed by atoms with Crippen LogP contribution >= 0.6 is 0 Å². The van der Waals surface area contributed by atoms with E-state index in [1.807, 2.05) is 54.6 Å². The molecule has 0 saturated carbocycles. The topological polar surface area (TPSA) is 90.0 Å². The molecule has 3 N–H and O–H groups in total. The first kappa shape index (κ1) is 15.5. The largest absolute Gasteiger partial charge is 0.497 e. The minimum atomic E-state index is 0.404. The van der Waals surface area contributed by atoms with Gasteiger partial charge in [0.15, 0.2) is 0 Å². The number of aromatic nitrogens is 3. The number of rotatable bonds is 3. The van der Waals surface area contributed by atoms with Crippen molar-refractivity contribution in [3.8, 4) is 28.5 Å². The number of nitrogens with one attached hydrogen (secondary N) is 1. The molecule has 3 aromatic heterocycles. The van der Waals surface area contributed by atoms with Gasteiger partial charge in [-0.1, -0.05) is 18.2 Å². The molecule has 0 amide bonds. The Kier molecular flexibility index (Phi) is 3.36. The molecule has 3 heterocycles. The molecule has 0 bridgehead atoms. The molecule has 0 unspecified atom stereocenters. The van der Waals surface area contributed by atoms with E-state index in [9.17, 15) is 0 Å². The number of furan rings is 1. The zero-order valence-electron chi connectivity index (χ0n) is 14.6. The Bertz CT molecular complexity index is 1250. The van der Waals surface area contributed by atoms with Gasteiger partial charge in [0.05, 0.1) is 23.7 Å². The van der Waals surface area contributed by atoms with Crippen LogP contribution in [0.4, 0.5) is 5.82 Å². The Morgan fingerprint density at radius 3 is 2.81 bits per heavy atom. The van der Waals surface area contributed by atoms with Gasteiger partial charge in [-0.2, -0.15) is 0 Å². The van der Waals surface area contributed by atoms with Gasteiger partial charge in [0.2, 0.25) is 0 Å². The number of nitrogen functional groups attached to an aromatic ring is 1. The predicted molar refractivity (Wildman–Crippen MR) is 105 cm³/mol. The highest BCUT2D eigenvalue weighted by atomic mass is 16.5. The number of anilines is 1.